The van der Waals surface area contributed by atoms with Crippen LogP contribution in [0.5, 0.6) is 0 Å². The number of hydrogen-bond acceptors (Lipinski definition) is 4. The van der Waals surface area contributed by atoms with Crippen LogP contribution in [0.15, 0.2) is 47.4 Å². The number of amides is 2. The number of carbonyl (C=O) groups excluding carboxylic acids is 2. The third-order valence-electron chi connectivity index (χ3n) is 5.60. The van der Waals surface area contributed by atoms with Gasteiger partial charge in [-0.2, -0.15) is 0 Å². The SMILES string of the molecule is O=C1Cc2cc(C(=O)NCCc3ccc(S(=O)(=O)NC4CCCC4)cc3)ccc2N1. The molecule has 0 saturated heterocycles. The molecule has 3 N–H and O–H groups in total. The number of sulfonamides is 1. The minimum Gasteiger partial charge on any atom is -0.352 e. The predicted octanol–water partition coefficient (Wildman–Crippen LogP) is 2.37. The lowest BCUT2D eigenvalue weighted by atomic mass is 10.1. The summed E-state index contributed by atoms with van der Waals surface area (Å²) in [5, 5.41) is 5.61. The molecule has 0 unspecified atom stereocenters. The molecule has 4 rings (SSSR count). The Hall–Kier alpha value is -2.71. The summed E-state index contributed by atoms with van der Waals surface area (Å²) in [6, 6.07) is 12.0. The van der Waals surface area contributed by atoms with Gasteiger partial charge in [0.05, 0.1) is 11.3 Å². The highest BCUT2D eigenvalue weighted by Crippen LogP contribution is 2.24. The van der Waals surface area contributed by atoms with Gasteiger partial charge in [-0.3, -0.25) is 9.59 Å². The van der Waals surface area contributed by atoms with E-state index in [9.17, 15) is 18.0 Å². The van der Waals surface area contributed by atoms with Gasteiger partial charge in [0.15, 0.2) is 0 Å². The van der Waals surface area contributed by atoms with E-state index < -0.39 is 10.0 Å². The van der Waals surface area contributed by atoms with E-state index in [4.69, 9.17) is 0 Å². The molecule has 0 bridgehead atoms. The lowest BCUT2D eigenvalue weighted by molar-refractivity contribution is -0.115. The largest absolute Gasteiger partial charge is 0.352 e. The van der Waals surface area contributed by atoms with Crippen LogP contribution in [0, 0.1) is 0 Å². The molecule has 0 atom stereocenters. The van der Waals surface area contributed by atoms with Crippen molar-refractivity contribution in [1.29, 1.82) is 0 Å². The first-order valence-electron chi connectivity index (χ1n) is 10.2. The second-order valence-corrected chi connectivity index (χ2v) is 9.56. The van der Waals surface area contributed by atoms with Crippen molar-refractivity contribution in [3.63, 3.8) is 0 Å². The Morgan fingerprint density at radius 1 is 1.07 bits per heavy atom. The maximum atomic E-state index is 12.5. The van der Waals surface area contributed by atoms with E-state index in [2.05, 4.69) is 15.4 Å². The summed E-state index contributed by atoms with van der Waals surface area (Å²) in [4.78, 5) is 24.1. The molecular weight excluding hydrogens is 402 g/mol. The molecule has 1 fully saturated rings. The second kappa shape index (κ2) is 8.57. The summed E-state index contributed by atoms with van der Waals surface area (Å²) in [5.74, 6) is -0.261. The number of anilines is 1. The van der Waals surface area contributed by atoms with Gasteiger partial charge in [-0.25, -0.2) is 13.1 Å². The van der Waals surface area contributed by atoms with Crippen molar-refractivity contribution < 1.29 is 18.0 Å². The van der Waals surface area contributed by atoms with Gasteiger partial charge in [0.1, 0.15) is 0 Å². The highest BCUT2D eigenvalue weighted by Gasteiger charge is 2.23. The minimum absolute atomic E-state index is 0.0398. The Balaban J connectivity index is 1.29. The average molecular weight is 428 g/mol. The minimum atomic E-state index is -3.49. The third-order valence-corrected chi connectivity index (χ3v) is 7.14. The quantitative estimate of drug-likeness (QED) is 0.631. The van der Waals surface area contributed by atoms with Crippen LogP contribution < -0.4 is 15.4 Å². The fourth-order valence-electron chi connectivity index (χ4n) is 3.96. The Morgan fingerprint density at radius 2 is 1.80 bits per heavy atom. The van der Waals surface area contributed by atoms with Crippen LogP contribution in [-0.4, -0.2) is 32.8 Å². The Kier molecular flexibility index (Phi) is 5.87. The summed E-state index contributed by atoms with van der Waals surface area (Å²) < 4.78 is 27.7. The van der Waals surface area contributed by atoms with E-state index >= 15 is 0 Å². The molecule has 2 aromatic carbocycles. The first-order valence-corrected chi connectivity index (χ1v) is 11.7. The zero-order valence-corrected chi connectivity index (χ0v) is 17.4. The second-order valence-electron chi connectivity index (χ2n) is 7.85. The first kappa shape index (κ1) is 20.6. The highest BCUT2D eigenvalue weighted by molar-refractivity contribution is 7.89. The standard InChI is InChI=1S/C22H25N3O4S/c26-21-14-17-13-16(7-10-20(17)24-21)22(27)23-12-11-15-5-8-19(9-6-15)30(28,29)25-18-3-1-2-4-18/h5-10,13,18,25H,1-4,11-12,14H2,(H,23,27)(H,24,26). The number of fused-ring (bicyclic) bond motifs is 1. The maximum absolute atomic E-state index is 12.5. The van der Waals surface area contributed by atoms with Gasteiger partial charge in [0.25, 0.3) is 5.91 Å². The number of nitrogens with one attached hydrogen (secondary N) is 3. The van der Waals surface area contributed by atoms with Gasteiger partial charge in [-0.15, -0.1) is 0 Å². The molecule has 2 aliphatic rings. The van der Waals surface area contributed by atoms with Crippen LogP contribution in [0.25, 0.3) is 0 Å². The van der Waals surface area contributed by atoms with Crippen LogP contribution in [0.2, 0.25) is 0 Å². The van der Waals surface area contributed by atoms with Crippen LogP contribution in [0.1, 0.15) is 47.2 Å². The van der Waals surface area contributed by atoms with E-state index in [1.807, 2.05) is 0 Å². The van der Waals surface area contributed by atoms with Crippen molar-refractivity contribution in [3.05, 3.63) is 59.2 Å². The normalized spacial score (nSPS) is 16.3. The molecule has 30 heavy (non-hydrogen) atoms. The summed E-state index contributed by atoms with van der Waals surface area (Å²) in [7, 11) is -3.49. The van der Waals surface area contributed by atoms with E-state index in [1.165, 1.54) is 0 Å². The molecule has 0 aromatic heterocycles. The van der Waals surface area contributed by atoms with Crippen LogP contribution >= 0.6 is 0 Å². The van der Waals surface area contributed by atoms with Gasteiger partial charge in [0.2, 0.25) is 15.9 Å². The third kappa shape index (κ3) is 4.71. The Morgan fingerprint density at radius 3 is 2.53 bits per heavy atom. The highest BCUT2D eigenvalue weighted by atomic mass is 32.2. The molecule has 1 aliphatic carbocycles. The van der Waals surface area contributed by atoms with Crippen molar-refractivity contribution in [2.75, 3.05) is 11.9 Å². The average Bonchev–Trinajstić information content (AvgIpc) is 3.35. The van der Waals surface area contributed by atoms with E-state index in [0.717, 1.165) is 42.5 Å². The molecule has 7 nitrogen and oxygen atoms in total. The molecule has 2 amide bonds. The van der Waals surface area contributed by atoms with Crippen molar-refractivity contribution in [1.82, 2.24) is 10.0 Å². The lowest BCUT2D eigenvalue weighted by Crippen LogP contribution is -2.32. The smallest absolute Gasteiger partial charge is 0.251 e. The molecule has 8 heteroatoms. The summed E-state index contributed by atoms with van der Waals surface area (Å²) >= 11 is 0. The summed E-state index contributed by atoms with van der Waals surface area (Å²) in [6.07, 6.45) is 4.81. The van der Waals surface area contributed by atoms with E-state index in [-0.39, 0.29) is 22.8 Å². The number of rotatable bonds is 7. The number of benzene rings is 2. The fourth-order valence-corrected chi connectivity index (χ4v) is 5.26. The van der Waals surface area contributed by atoms with Crippen LogP contribution in [0.3, 0.4) is 0 Å². The molecule has 158 valence electrons. The van der Waals surface area contributed by atoms with Crippen LogP contribution in [-0.2, 0) is 27.7 Å². The predicted molar refractivity (Wildman–Crippen MR) is 114 cm³/mol. The van der Waals surface area contributed by atoms with Crippen molar-refractivity contribution in [2.24, 2.45) is 0 Å². The zero-order valence-electron chi connectivity index (χ0n) is 16.6. The Labute approximate surface area is 176 Å². The Bertz CT molecular complexity index is 1060. The molecular formula is C22H25N3O4S. The van der Waals surface area contributed by atoms with E-state index in [0.29, 0.717) is 24.9 Å². The molecule has 1 aliphatic heterocycles. The van der Waals surface area contributed by atoms with Crippen molar-refractivity contribution in [3.8, 4) is 0 Å². The molecule has 0 spiro atoms. The van der Waals surface area contributed by atoms with Gasteiger partial charge >= 0.3 is 0 Å². The lowest BCUT2D eigenvalue weighted by Gasteiger charge is -2.13. The van der Waals surface area contributed by atoms with Crippen molar-refractivity contribution >= 4 is 27.5 Å². The monoisotopic (exact) mass is 427 g/mol. The van der Waals surface area contributed by atoms with E-state index in [1.54, 1.807) is 42.5 Å². The first-order chi connectivity index (χ1) is 14.4. The van der Waals surface area contributed by atoms with Gasteiger partial charge in [-0.1, -0.05) is 25.0 Å². The van der Waals surface area contributed by atoms with Gasteiger partial charge < -0.3 is 10.6 Å². The van der Waals surface area contributed by atoms with Crippen LogP contribution in [0.4, 0.5) is 5.69 Å². The maximum Gasteiger partial charge on any atom is 0.251 e. The topological polar surface area (TPSA) is 104 Å². The molecule has 1 heterocycles. The van der Waals surface area contributed by atoms with Gasteiger partial charge in [-0.05, 0) is 60.7 Å². The molecule has 1 saturated carbocycles. The zero-order chi connectivity index (χ0) is 21.1. The number of carbonyl (C=O) groups is 2. The summed E-state index contributed by atoms with van der Waals surface area (Å²) in [6.45, 7) is 0.430. The fraction of sp³-hybridized carbons (Fsp3) is 0.364. The summed E-state index contributed by atoms with van der Waals surface area (Å²) in [5.41, 5.74) is 3.05. The molecule has 2 aromatic rings. The number of hydrogen-bond donors (Lipinski definition) is 3. The van der Waals surface area contributed by atoms with Gasteiger partial charge in [0, 0.05) is 23.8 Å². The van der Waals surface area contributed by atoms with Crippen molar-refractivity contribution in [2.45, 2.75) is 49.5 Å². The molecule has 0 radical (unpaired) electrons.